The number of benzene rings is 2. The van der Waals surface area contributed by atoms with Gasteiger partial charge in [-0.25, -0.2) is 16.8 Å². The van der Waals surface area contributed by atoms with E-state index >= 15 is 0 Å². The number of anilines is 2. The van der Waals surface area contributed by atoms with E-state index < -0.39 is 20.0 Å². The van der Waals surface area contributed by atoms with Gasteiger partial charge in [0.15, 0.2) is 0 Å². The van der Waals surface area contributed by atoms with E-state index in [1.54, 1.807) is 12.1 Å². The number of hydrogen-bond acceptors (Lipinski definition) is 6. The van der Waals surface area contributed by atoms with Crippen molar-refractivity contribution < 1.29 is 16.8 Å². The quantitative estimate of drug-likeness (QED) is 0.610. The van der Waals surface area contributed by atoms with Gasteiger partial charge in [0, 0.05) is 37.9 Å². The molecule has 0 bridgehead atoms. The lowest BCUT2D eigenvalue weighted by Gasteiger charge is -2.38. The molecule has 2 aliphatic heterocycles. The minimum absolute atomic E-state index is 0.144. The van der Waals surface area contributed by atoms with E-state index in [1.807, 2.05) is 12.1 Å². The van der Waals surface area contributed by atoms with Crippen molar-refractivity contribution in [1.29, 1.82) is 0 Å². The third kappa shape index (κ3) is 5.10. The largest absolute Gasteiger partial charge is 0.368 e. The van der Waals surface area contributed by atoms with Gasteiger partial charge in [-0.1, -0.05) is 30.3 Å². The molecule has 32 heavy (non-hydrogen) atoms. The van der Waals surface area contributed by atoms with Crippen LogP contribution >= 0.6 is 0 Å². The molecule has 0 aliphatic carbocycles. The molecule has 7 nitrogen and oxygen atoms in total. The maximum absolute atomic E-state index is 11.9. The van der Waals surface area contributed by atoms with Gasteiger partial charge in [0.25, 0.3) is 0 Å². The van der Waals surface area contributed by atoms with Crippen LogP contribution < -0.4 is 8.61 Å². The Morgan fingerprint density at radius 2 is 1.50 bits per heavy atom. The van der Waals surface area contributed by atoms with Gasteiger partial charge in [-0.2, -0.15) is 3.71 Å². The maximum Gasteiger partial charge on any atom is 0.245 e. The Morgan fingerprint density at radius 1 is 0.875 bits per heavy atom. The van der Waals surface area contributed by atoms with Crippen LogP contribution in [0.1, 0.15) is 24.0 Å². The smallest absolute Gasteiger partial charge is 0.245 e. The average molecular weight is 478 g/mol. The number of para-hydroxylation sites is 1. The zero-order valence-electron chi connectivity index (χ0n) is 18.6. The summed E-state index contributed by atoms with van der Waals surface area (Å²) in [5, 5.41) is 0. The first kappa shape index (κ1) is 23.1. The Labute approximate surface area is 191 Å². The number of piperidine rings is 1. The fraction of sp³-hybridized carbons (Fsp3) is 0.478. The van der Waals surface area contributed by atoms with E-state index in [9.17, 15) is 16.8 Å². The molecule has 0 radical (unpaired) electrons. The summed E-state index contributed by atoms with van der Waals surface area (Å²) in [7, 11) is -7.83. The van der Waals surface area contributed by atoms with Gasteiger partial charge in [0.1, 0.15) is 0 Å². The fourth-order valence-electron chi connectivity index (χ4n) is 4.90. The van der Waals surface area contributed by atoms with Crippen molar-refractivity contribution in [3.63, 3.8) is 0 Å². The van der Waals surface area contributed by atoms with Gasteiger partial charge < -0.3 is 9.80 Å². The summed E-state index contributed by atoms with van der Waals surface area (Å²) in [6.45, 7) is 4.19. The Balaban J connectivity index is 1.31. The van der Waals surface area contributed by atoms with Crippen molar-refractivity contribution >= 4 is 31.4 Å². The SMILES string of the molecule is CS(=O)(=O)N(c1ccc(CCN2CCC(N3CCc4ccccc43)CC2)cc1)S(C)(=O)=O. The van der Waals surface area contributed by atoms with Crippen molar-refractivity contribution in [2.24, 2.45) is 0 Å². The molecule has 0 N–H and O–H groups in total. The zero-order valence-corrected chi connectivity index (χ0v) is 20.3. The molecule has 174 valence electrons. The molecule has 1 saturated heterocycles. The second-order valence-electron chi connectivity index (χ2n) is 8.78. The Bertz CT molecular complexity index is 1120. The molecule has 2 aromatic rings. The van der Waals surface area contributed by atoms with Gasteiger partial charge in [0.2, 0.25) is 20.0 Å². The van der Waals surface area contributed by atoms with Crippen LogP contribution in [0.15, 0.2) is 48.5 Å². The van der Waals surface area contributed by atoms with E-state index in [-0.39, 0.29) is 5.69 Å². The second-order valence-corrected chi connectivity index (χ2v) is 12.7. The van der Waals surface area contributed by atoms with Gasteiger partial charge in [-0.3, -0.25) is 0 Å². The van der Waals surface area contributed by atoms with Crippen LogP contribution in [0.4, 0.5) is 11.4 Å². The van der Waals surface area contributed by atoms with Gasteiger partial charge in [0.05, 0.1) is 18.2 Å². The van der Waals surface area contributed by atoms with E-state index in [1.165, 1.54) is 11.3 Å². The molecule has 0 amide bonds. The summed E-state index contributed by atoms with van der Waals surface area (Å²) >= 11 is 0. The highest BCUT2D eigenvalue weighted by Gasteiger charge is 2.29. The molecule has 9 heteroatoms. The first-order valence-electron chi connectivity index (χ1n) is 11.0. The molecule has 1 fully saturated rings. The molecule has 0 aromatic heterocycles. The first-order valence-corrected chi connectivity index (χ1v) is 14.7. The van der Waals surface area contributed by atoms with E-state index in [0.717, 1.165) is 69.9 Å². The van der Waals surface area contributed by atoms with Crippen molar-refractivity contribution in [3.8, 4) is 0 Å². The summed E-state index contributed by atoms with van der Waals surface area (Å²) in [5.74, 6) is 0. The standard InChI is InChI=1S/C23H31N3O4S2/c1-31(27,28)26(32(2,29)30)22-9-7-19(8-10-22)11-15-24-16-13-21(14-17-24)25-18-12-20-5-3-4-6-23(20)25/h3-10,21H,11-18H2,1-2H3. The molecule has 0 unspecified atom stereocenters. The van der Waals surface area contributed by atoms with Crippen molar-refractivity contribution in [3.05, 3.63) is 59.7 Å². The fourth-order valence-corrected chi connectivity index (χ4v) is 7.87. The van der Waals surface area contributed by atoms with Crippen LogP contribution in [0.3, 0.4) is 0 Å². The van der Waals surface area contributed by atoms with Gasteiger partial charge in [-0.15, -0.1) is 0 Å². The Kier molecular flexibility index (Phi) is 6.51. The third-order valence-corrected chi connectivity index (χ3v) is 9.64. The van der Waals surface area contributed by atoms with E-state index in [2.05, 4.69) is 34.1 Å². The molecule has 0 saturated carbocycles. The molecular formula is C23H31N3O4S2. The van der Waals surface area contributed by atoms with Crippen LogP contribution in [0.5, 0.6) is 0 Å². The predicted molar refractivity (Wildman–Crippen MR) is 129 cm³/mol. The highest BCUT2D eigenvalue weighted by atomic mass is 32.3. The van der Waals surface area contributed by atoms with Crippen molar-refractivity contribution in [1.82, 2.24) is 4.90 Å². The summed E-state index contributed by atoms with van der Waals surface area (Å²) in [6, 6.07) is 16.1. The topological polar surface area (TPSA) is 78.0 Å². The summed E-state index contributed by atoms with van der Waals surface area (Å²) in [5.41, 5.74) is 4.07. The molecular weight excluding hydrogens is 446 g/mol. The Morgan fingerprint density at radius 3 is 2.12 bits per heavy atom. The van der Waals surface area contributed by atoms with Crippen molar-refractivity contribution in [2.45, 2.75) is 31.7 Å². The first-order chi connectivity index (χ1) is 15.1. The number of nitrogens with zero attached hydrogens (tertiary/aromatic N) is 3. The zero-order chi connectivity index (χ0) is 22.9. The van der Waals surface area contributed by atoms with Crippen LogP contribution in [-0.4, -0.2) is 66.5 Å². The average Bonchev–Trinajstić information content (AvgIpc) is 3.16. The molecule has 0 spiro atoms. The molecule has 0 atom stereocenters. The monoisotopic (exact) mass is 477 g/mol. The normalized spacial score (nSPS) is 18.0. The minimum Gasteiger partial charge on any atom is -0.368 e. The van der Waals surface area contributed by atoms with Crippen LogP contribution in [0, 0.1) is 0 Å². The maximum atomic E-state index is 11.9. The number of fused-ring (bicyclic) bond motifs is 1. The molecule has 2 aromatic carbocycles. The number of rotatable bonds is 7. The van der Waals surface area contributed by atoms with Crippen LogP contribution in [0.25, 0.3) is 0 Å². The van der Waals surface area contributed by atoms with E-state index in [0.29, 0.717) is 9.75 Å². The van der Waals surface area contributed by atoms with Crippen molar-refractivity contribution in [2.75, 3.05) is 47.3 Å². The number of sulfonamides is 2. The number of hydrogen-bond donors (Lipinski definition) is 0. The van der Waals surface area contributed by atoms with Gasteiger partial charge >= 0.3 is 0 Å². The highest BCUT2D eigenvalue weighted by molar-refractivity contribution is 8.09. The van der Waals surface area contributed by atoms with Crippen LogP contribution in [-0.2, 0) is 32.9 Å². The molecule has 2 heterocycles. The molecule has 2 aliphatic rings. The lowest BCUT2D eigenvalue weighted by atomic mass is 10.0. The predicted octanol–water partition coefficient (Wildman–Crippen LogP) is 2.48. The Hall–Kier alpha value is -2.10. The third-order valence-electron chi connectivity index (χ3n) is 6.39. The number of likely N-dealkylation sites (tertiary alicyclic amines) is 1. The summed E-state index contributed by atoms with van der Waals surface area (Å²) in [4.78, 5) is 5.06. The lowest BCUT2D eigenvalue weighted by Crippen LogP contribution is -2.44. The molecule has 4 rings (SSSR count). The van der Waals surface area contributed by atoms with Crippen LogP contribution in [0.2, 0.25) is 0 Å². The minimum atomic E-state index is -3.92. The lowest BCUT2D eigenvalue weighted by molar-refractivity contribution is 0.212. The summed E-state index contributed by atoms with van der Waals surface area (Å²) in [6.07, 6.45) is 6.09. The van der Waals surface area contributed by atoms with E-state index in [4.69, 9.17) is 0 Å². The highest BCUT2D eigenvalue weighted by Crippen LogP contribution is 2.32. The van der Waals surface area contributed by atoms with Gasteiger partial charge in [-0.05, 0) is 55.0 Å². The second kappa shape index (κ2) is 9.03. The summed E-state index contributed by atoms with van der Waals surface area (Å²) < 4.78 is 48.2.